The first-order valence-electron chi connectivity index (χ1n) is 6.38. The van der Waals surface area contributed by atoms with E-state index >= 15 is 0 Å². The van der Waals surface area contributed by atoms with Crippen molar-refractivity contribution in [3.63, 3.8) is 0 Å². The van der Waals surface area contributed by atoms with Gasteiger partial charge in [-0.25, -0.2) is 0 Å². The number of hydrogen-bond acceptors (Lipinski definition) is 3. The Balaban J connectivity index is 2.11. The van der Waals surface area contributed by atoms with Gasteiger partial charge in [-0.1, -0.05) is 24.3 Å². The Bertz CT molecular complexity index is 624. The lowest BCUT2D eigenvalue weighted by Gasteiger charge is -2.11. The number of nitrogens with two attached hydrogens (primary N) is 1. The zero-order chi connectivity index (χ0) is 14.5. The summed E-state index contributed by atoms with van der Waals surface area (Å²) in [7, 11) is 1.61. The van der Waals surface area contributed by atoms with Crippen LogP contribution in [0.25, 0.3) is 0 Å². The van der Waals surface area contributed by atoms with Crippen molar-refractivity contribution < 1.29 is 9.53 Å². The SMILES string of the molecule is COc1ccccc1CNC(=O)c1cc(N)ccc1C. The van der Waals surface area contributed by atoms with Crippen molar-refractivity contribution in [1.29, 1.82) is 0 Å². The fraction of sp³-hybridized carbons (Fsp3) is 0.188. The van der Waals surface area contributed by atoms with Crippen LogP contribution in [-0.4, -0.2) is 13.0 Å². The Morgan fingerprint density at radius 2 is 2.00 bits per heavy atom. The van der Waals surface area contributed by atoms with Crippen molar-refractivity contribution in [2.45, 2.75) is 13.5 Å². The van der Waals surface area contributed by atoms with Gasteiger partial charge in [-0.05, 0) is 30.7 Å². The predicted octanol–water partition coefficient (Wildman–Crippen LogP) is 2.52. The molecule has 0 radical (unpaired) electrons. The Kier molecular flexibility index (Phi) is 4.25. The van der Waals surface area contributed by atoms with Crippen molar-refractivity contribution in [2.75, 3.05) is 12.8 Å². The topological polar surface area (TPSA) is 64.3 Å². The highest BCUT2D eigenvalue weighted by Gasteiger charge is 2.10. The van der Waals surface area contributed by atoms with Gasteiger partial charge >= 0.3 is 0 Å². The maximum atomic E-state index is 12.2. The molecule has 4 heteroatoms. The summed E-state index contributed by atoms with van der Waals surface area (Å²) in [6.45, 7) is 2.30. The Hall–Kier alpha value is -2.49. The van der Waals surface area contributed by atoms with Crippen LogP contribution in [0.4, 0.5) is 5.69 Å². The van der Waals surface area contributed by atoms with E-state index in [9.17, 15) is 4.79 Å². The molecule has 2 aromatic rings. The number of nitrogen functional groups attached to an aromatic ring is 1. The quantitative estimate of drug-likeness (QED) is 0.839. The van der Waals surface area contributed by atoms with Gasteiger partial charge in [0.15, 0.2) is 0 Å². The number of carbonyl (C=O) groups excluding carboxylic acids is 1. The van der Waals surface area contributed by atoms with E-state index in [2.05, 4.69) is 5.32 Å². The van der Waals surface area contributed by atoms with Crippen LogP contribution in [0.5, 0.6) is 5.75 Å². The number of hydrogen-bond donors (Lipinski definition) is 2. The third-order valence-corrected chi connectivity index (χ3v) is 3.14. The van der Waals surface area contributed by atoms with Crippen LogP contribution < -0.4 is 15.8 Å². The maximum absolute atomic E-state index is 12.2. The lowest BCUT2D eigenvalue weighted by molar-refractivity contribution is 0.0950. The molecule has 0 saturated carbocycles. The standard InChI is InChI=1S/C16H18N2O2/c1-11-7-8-13(17)9-14(11)16(19)18-10-12-5-3-4-6-15(12)20-2/h3-9H,10,17H2,1-2H3,(H,18,19). The molecule has 0 unspecified atom stereocenters. The number of methoxy groups -OCH3 is 1. The van der Waals surface area contributed by atoms with Gasteiger partial charge in [0, 0.05) is 23.4 Å². The van der Waals surface area contributed by atoms with E-state index in [4.69, 9.17) is 10.5 Å². The van der Waals surface area contributed by atoms with Gasteiger partial charge in [-0.15, -0.1) is 0 Å². The van der Waals surface area contributed by atoms with Crippen molar-refractivity contribution in [3.05, 3.63) is 59.2 Å². The van der Waals surface area contributed by atoms with Crippen LogP contribution in [-0.2, 0) is 6.54 Å². The number of aryl methyl sites for hydroxylation is 1. The molecule has 2 aromatic carbocycles. The summed E-state index contributed by atoms with van der Waals surface area (Å²) < 4.78 is 5.25. The molecule has 20 heavy (non-hydrogen) atoms. The highest BCUT2D eigenvalue weighted by atomic mass is 16.5. The molecule has 2 rings (SSSR count). The van der Waals surface area contributed by atoms with Gasteiger partial charge in [0.2, 0.25) is 0 Å². The molecular weight excluding hydrogens is 252 g/mol. The molecule has 1 amide bonds. The van der Waals surface area contributed by atoms with Crippen LogP contribution in [0.1, 0.15) is 21.5 Å². The first kappa shape index (κ1) is 13.9. The fourth-order valence-corrected chi connectivity index (χ4v) is 2.00. The van der Waals surface area contributed by atoms with Crippen molar-refractivity contribution in [1.82, 2.24) is 5.32 Å². The van der Waals surface area contributed by atoms with Crippen molar-refractivity contribution in [2.24, 2.45) is 0 Å². The number of benzene rings is 2. The number of para-hydroxylation sites is 1. The van der Waals surface area contributed by atoms with Gasteiger partial charge in [-0.3, -0.25) is 4.79 Å². The second-order valence-electron chi connectivity index (χ2n) is 4.57. The first-order valence-corrected chi connectivity index (χ1v) is 6.38. The summed E-state index contributed by atoms with van der Waals surface area (Å²) in [6, 6.07) is 12.9. The van der Waals surface area contributed by atoms with E-state index in [0.717, 1.165) is 16.9 Å². The molecule has 104 valence electrons. The van der Waals surface area contributed by atoms with Crippen molar-refractivity contribution in [3.8, 4) is 5.75 Å². The Morgan fingerprint density at radius 1 is 1.25 bits per heavy atom. The molecule has 3 N–H and O–H groups in total. The lowest BCUT2D eigenvalue weighted by atomic mass is 10.1. The molecule has 0 fully saturated rings. The van der Waals surface area contributed by atoms with Gasteiger partial charge in [0.05, 0.1) is 7.11 Å². The van der Waals surface area contributed by atoms with E-state index in [-0.39, 0.29) is 5.91 Å². The van der Waals surface area contributed by atoms with Gasteiger partial charge in [-0.2, -0.15) is 0 Å². The third-order valence-electron chi connectivity index (χ3n) is 3.14. The van der Waals surface area contributed by atoms with Crippen LogP contribution in [0.3, 0.4) is 0 Å². The zero-order valence-electron chi connectivity index (χ0n) is 11.6. The Morgan fingerprint density at radius 3 is 2.75 bits per heavy atom. The summed E-state index contributed by atoms with van der Waals surface area (Å²) >= 11 is 0. The Labute approximate surface area is 118 Å². The monoisotopic (exact) mass is 270 g/mol. The number of anilines is 1. The normalized spacial score (nSPS) is 10.1. The number of carbonyl (C=O) groups is 1. The molecule has 0 spiro atoms. The molecule has 0 heterocycles. The first-order chi connectivity index (χ1) is 9.61. The van der Waals surface area contributed by atoms with E-state index < -0.39 is 0 Å². The lowest BCUT2D eigenvalue weighted by Crippen LogP contribution is -2.24. The molecule has 4 nitrogen and oxygen atoms in total. The summed E-state index contributed by atoms with van der Waals surface area (Å²) in [5, 5.41) is 2.88. The summed E-state index contributed by atoms with van der Waals surface area (Å²) in [6.07, 6.45) is 0. The second-order valence-corrected chi connectivity index (χ2v) is 4.57. The summed E-state index contributed by atoms with van der Waals surface area (Å²) in [5.74, 6) is 0.623. The van der Waals surface area contributed by atoms with E-state index in [1.54, 1.807) is 19.2 Å². The molecule has 0 aliphatic heterocycles. The zero-order valence-corrected chi connectivity index (χ0v) is 11.6. The minimum Gasteiger partial charge on any atom is -0.496 e. The minimum atomic E-state index is -0.138. The van der Waals surface area contributed by atoms with E-state index in [0.29, 0.717) is 17.8 Å². The molecule has 0 aromatic heterocycles. The fourth-order valence-electron chi connectivity index (χ4n) is 2.00. The van der Waals surface area contributed by atoms with E-state index in [1.165, 1.54) is 0 Å². The highest BCUT2D eigenvalue weighted by Crippen LogP contribution is 2.17. The molecule has 0 aliphatic carbocycles. The number of rotatable bonds is 4. The average molecular weight is 270 g/mol. The second kappa shape index (κ2) is 6.10. The predicted molar refractivity (Wildman–Crippen MR) is 79.8 cm³/mol. The number of nitrogens with one attached hydrogen (secondary N) is 1. The number of ether oxygens (including phenoxy) is 1. The van der Waals surface area contributed by atoms with Crippen molar-refractivity contribution >= 4 is 11.6 Å². The van der Waals surface area contributed by atoms with Crippen LogP contribution in [0, 0.1) is 6.92 Å². The smallest absolute Gasteiger partial charge is 0.251 e. The molecule has 0 saturated heterocycles. The average Bonchev–Trinajstić information content (AvgIpc) is 2.47. The number of amides is 1. The van der Waals surface area contributed by atoms with Gasteiger partial charge in [0.25, 0.3) is 5.91 Å². The summed E-state index contributed by atoms with van der Waals surface area (Å²) in [5.41, 5.74) is 8.73. The maximum Gasteiger partial charge on any atom is 0.251 e. The molecule has 0 aliphatic rings. The molecule has 0 atom stereocenters. The van der Waals surface area contributed by atoms with E-state index in [1.807, 2.05) is 37.3 Å². The minimum absolute atomic E-state index is 0.138. The summed E-state index contributed by atoms with van der Waals surface area (Å²) in [4.78, 5) is 12.2. The highest BCUT2D eigenvalue weighted by molar-refractivity contribution is 5.96. The largest absolute Gasteiger partial charge is 0.496 e. The molecular formula is C16H18N2O2. The van der Waals surface area contributed by atoms with Crippen LogP contribution in [0.2, 0.25) is 0 Å². The van der Waals surface area contributed by atoms with Crippen LogP contribution in [0.15, 0.2) is 42.5 Å². The van der Waals surface area contributed by atoms with Crippen LogP contribution >= 0.6 is 0 Å². The molecule has 0 bridgehead atoms. The third kappa shape index (κ3) is 3.09. The van der Waals surface area contributed by atoms with Gasteiger partial charge < -0.3 is 15.8 Å². The van der Waals surface area contributed by atoms with Gasteiger partial charge in [0.1, 0.15) is 5.75 Å².